The first-order chi connectivity index (χ1) is 8.63. The second-order valence-electron chi connectivity index (χ2n) is 5.80. The number of carbonyl (C=O) groups is 1. The van der Waals surface area contributed by atoms with Gasteiger partial charge in [0, 0.05) is 31.7 Å². The fourth-order valence-electron chi connectivity index (χ4n) is 3.19. The lowest BCUT2D eigenvalue weighted by molar-refractivity contribution is -0.138. The van der Waals surface area contributed by atoms with Crippen molar-refractivity contribution in [3.63, 3.8) is 0 Å². The zero-order valence-corrected chi connectivity index (χ0v) is 11.8. The highest BCUT2D eigenvalue weighted by atomic mass is 16.2. The fourth-order valence-corrected chi connectivity index (χ4v) is 3.19. The number of amides is 1. The summed E-state index contributed by atoms with van der Waals surface area (Å²) >= 11 is 0. The highest BCUT2D eigenvalue weighted by Crippen LogP contribution is 2.22. The molecule has 2 fully saturated rings. The third kappa shape index (κ3) is 2.86. The molecule has 18 heavy (non-hydrogen) atoms. The van der Waals surface area contributed by atoms with Gasteiger partial charge in [-0.05, 0) is 39.0 Å². The van der Waals surface area contributed by atoms with Gasteiger partial charge in [-0.3, -0.25) is 4.79 Å². The summed E-state index contributed by atoms with van der Waals surface area (Å²) in [5.74, 6) is 0.184. The van der Waals surface area contributed by atoms with Crippen molar-refractivity contribution in [1.82, 2.24) is 9.80 Å². The summed E-state index contributed by atoms with van der Waals surface area (Å²) in [4.78, 5) is 16.7. The normalized spacial score (nSPS) is 29.6. The minimum Gasteiger partial charge on any atom is -0.338 e. The molecule has 0 aliphatic carbocycles. The van der Waals surface area contributed by atoms with Gasteiger partial charge in [0.1, 0.15) is 0 Å². The number of nitrogens with zero attached hydrogens (tertiary/aromatic N) is 2. The summed E-state index contributed by atoms with van der Waals surface area (Å²) in [5, 5.41) is 0. The highest BCUT2D eigenvalue weighted by molar-refractivity contribution is 5.82. The molecule has 2 N–H and O–H groups in total. The maximum absolute atomic E-state index is 12.1. The first kappa shape index (κ1) is 13.8. The molecule has 2 aliphatic rings. The first-order valence-corrected chi connectivity index (χ1v) is 7.43. The minimum absolute atomic E-state index is 0.184. The molecule has 0 spiro atoms. The van der Waals surface area contributed by atoms with Crippen LogP contribution in [0.4, 0.5) is 0 Å². The van der Waals surface area contributed by atoms with Crippen molar-refractivity contribution in [3.8, 4) is 0 Å². The van der Waals surface area contributed by atoms with Gasteiger partial charge in [0.2, 0.25) is 5.91 Å². The Hall–Kier alpha value is -0.610. The molecule has 1 amide bonds. The van der Waals surface area contributed by atoms with Gasteiger partial charge < -0.3 is 15.5 Å². The number of rotatable bonds is 3. The molecule has 2 aliphatic heterocycles. The van der Waals surface area contributed by atoms with Crippen LogP contribution < -0.4 is 5.73 Å². The second kappa shape index (κ2) is 6.02. The molecule has 0 aromatic heterocycles. The van der Waals surface area contributed by atoms with Gasteiger partial charge in [-0.25, -0.2) is 0 Å². The summed E-state index contributed by atoms with van der Waals surface area (Å²) in [5.41, 5.74) is 5.87. The molecular weight excluding hydrogens is 226 g/mol. The molecule has 4 nitrogen and oxygen atoms in total. The average molecular weight is 253 g/mol. The van der Waals surface area contributed by atoms with Crippen LogP contribution in [0, 0.1) is 0 Å². The molecule has 0 radical (unpaired) electrons. The van der Waals surface area contributed by atoms with E-state index in [9.17, 15) is 4.79 Å². The molecule has 2 saturated heterocycles. The summed E-state index contributed by atoms with van der Waals surface area (Å²) in [6.07, 6.45) is 5.36. The number of likely N-dealkylation sites (tertiary alicyclic amines) is 2. The number of hydrogen-bond acceptors (Lipinski definition) is 3. The van der Waals surface area contributed by atoms with Crippen molar-refractivity contribution < 1.29 is 4.79 Å². The van der Waals surface area contributed by atoms with Crippen molar-refractivity contribution >= 4 is 5.91 Å². The van der Waals surface area contributed by atoms with Crippen LogP contribution in [0.25, 0.3) is 0 Å². The van der Waals surface area contributed by atoms with Crippen LogP contribution in [0.1, 0.15) is 46.0 Å². The largest absolute Gasteiger partial charge is 0.338 e. The number of nitrogens with two attached hydrogens (primary N) is 1. The van der Waals surface area contributed by atoms with Gasteiger partial charge >= 0.3 is 0 Å². The number of hydrogen-bond donors (Lipinski definition) is 1. The van der Waals surface area contributed by atoms with E-state index in [4.69, 9.17) is 5.73 Å². The standard InChI is InChI=1S/C14H27N3O/c1-3-11(2)16-9-6-12(7-10-16)17-8-4-5-13(15)14(17)18/h11-13H,3-10,15H2,1-2H3. The minimum atomic E-state index is -0.244. The van der Waals surface area contributed by atoms with Crippen molar-refractivity contribution in [1.29, 1.82) is 0 Å². The zero-order valence-electron chi connectivity index (χ0n) is 11.8. The number of piperidine rings is 2. The van der Waals surface area contributed by atoms with Crippen LogP contribution in [0.2, 0.25) is 0 Å². The third-order valence-corrected chi connectivity index (χ3v) is 4.67. The molecule has 0 aromatic carbocycles. The summed E-state index contributed by atoms with van der Waals surface area (Å²) < 4.78 is 0. The first-order valence-electron chi connectivity index (χ1n) is 7.43. The van der Waals surface area contributed by atoms with Gasteiger partial charge in [-0.1, -0.05) is 6.92 Å². The van der Waals surface area contributed by atoms with Crippen molar-refractivity contribution in [3.05, 3.63) is 0 Å². The maximum atomic E-state index is 12.1. The number of carbonyl (C=O) groups excluding carboxylic acids is 1. The van der Waals surface area contributed by atoms with Crippen LogP contribution in [0.15, 0.2) is 0 Å². The molecule has 0 bridgehead atoms. The lowest BCUT2D eigenvalue weighted by Gasteiger charge is -2.43. The van der Waals surface area contributed by atoms with Crippen molar-refractivity contribution in [2.75, 3.05) is 19.6 Å². The van der Waals surface area contributed by atoms with Gasteiger partial charge in [0.15, 0.2) is 0 Å². The molecule has 2 unspecified atom stereocenters. The van der Waals surface area contributed by atoms with Crippen LogP contribution in [-0.4, -0.2) is 53.5 Å². The van der Waals surface area contributed by atoms with Gasteiger partial charge in [-0.15, -0.1) is 0 Å². The lowest BCUT2D eigenvalue weighted by atomic mass is 9.97. The summed E-state index contributed by atoms with van der Waals surface area (Å²) in [6, 6.07) is 0.862. The highest BCUT2D eigenvalue weighted by Gasteiger charge is 2.33. The molecule has 4 heteroatoms. The lowest BCUT2D eigenvalue weighted by Crippen LogP contribution is -2.55. The van der Waals surface area contributed by atoms with Crippen LogP contribution in [0.3, 0.4) is 0 Å². The van der Waals surface area contributed by atoms with E-state index in [0.29, 0.717) is 12.1 Å². The Morgan fingerprint density at radius 2 is 1.94 bits per heavy atom. The van der Waals surface area contributed by atoms with E-state index in [-0.39, 0.29) is 11.9 Å². The van der Waals surface area contributed by atoms with Gasteiger partial charge in [0.05, 0.1) is 6.04 Å². The zero-order chi connectivity index (χ0) is 13.1. The Kier molecular flexibility index (Phi) is 4.62. The quantitative estimate of drug-likeness (QED) is 0.822. The molecule has 2 rings (SSSR count). The van der Waals surface area contributed by atoms with Crippen LogP contribution >= 0.6 is 0 Å². The van der Waals surface area contributed by atoms with Gasteiger partial charge in [-0.2, -0.15) is 0 Å². The summed E-state index contributed by atoms with van der Waals surface area (Å²) in [6.45, 7) is 7.70. The topological polar surface area (TPSA) is 49.6 Å². The predicted octanol–water partition coefficient (Wildman–Crippen LogP) is 1.20. The van der Waals surface area contributed by atoms with E-state index in [2.05, 4.69) is 23.6 Å². The fraction of sp³-hybridized carbons (Fsp3) is 0.929. The molecular formula is C14H27N3O. The molecule has 2 atom stereocenters. The van der Waals surface area contributed by atoms with Crippen LogP contribution in [0.5, 0.6) is 0 Å². The monoisotopic (exact) mass is 253 g/mol. The van der Waals surface area contributed by atoms with E-state index >= 15 is 0 Å². The SMILES string of the molecule is CCC(C)N1CCC(N2CCCC(N)C2=O)CC1. The average Bonchev–Trinajstić information content (AvgIpc) is 2.41. The van der Waals surface area contributed by atoms with E-state index in [0.717, 1.165) is 45.3 Å². The van der Waals surface area contributed by atoms with E-state index in [1.165, 1.54) is 6.42 Å². The predicted molar refractivity (Wildman–Crippen MR) is 73.3 cm³/mol. The van der Waals surface area contributed by atoms with Gasteiger partial charge in [0.25, 0.3) is 0 Å². The Morgan fingerprint density at radius 1 is 1.28 bits per heavy atom. The molecule has 0 aromatic rings. The summed E-state index contributed by atoms with van der Waals surface area (Å²) in [7, 11) is 0. The third-order valence-electron chi connectivity index (χ3n) is 4.67. The Bertz CT molecular complexity index is 287. The molecule has 104 valence electrons. The smallest absolute Gasteiger partial charge is 0.239 e. The maximum Gasteiger partial charge on any atom is 0.239 e. The van der Waals surface area contributed by atoms with E-state index in [1.807, 2.05) is 0 Å². The van der Waals surface area contributed by atoms with Crippen molar-refractivity contribution in [2.24, 2.45) is 5.73 Å². The van der Waals surface area contributed by atoms with Crippen LogP contribution in [-0.2, 0) is 4.79 Å². The Balaban J connectivity index is 1.87. The Labute approximate surface area is 110 Å². The van der Waals surface area contributed by atoms with E-state index < -0.39 is 0 Å². The molecule has 2 heterocycles. The Morgan fingerprint density at radius 3 is 2.56 bits per heavy atom. The molecule has 0 saturated carbocycles. The van der Waals surface area contributed by atoms with E-state index in [1.54, 1.807) is 0 Å². The second-order valence-corrected chi connectivity index (χ2v) is 5.80. The van der Waals surface area contributed by atoms with Crippen molar-refractivity contribution in [2.45, 2.75) is 64.1 Å².